The molecule has 1 aromatic carbocycles. The maximum Gasteiger partial charge on any atom is 0.269 e. The largest absolute Gasteiger partial charge is 0.379 e. The summed E-state index contributed by atoms with van der Waals surface area (Å²) in [5.74, 6) is -2.80. The van der Waals surface area contributed by atoms with E-state index in [1.165, 1.54) is 24.3 Å². The lowest BCUT2D eigenvalue weighted by molar-refractivity contribution is -0.384. The number of piperidine rings is 1. The quantitative estimate of drug-likeness (QED) is 0.357. The summed E-state index contributed by atoms with van der Waals surface area (Å²) >= 11 is 0. The summed E-state index contributed by atoms with van der Waals surface area (Å²) in [5.41, 5.74) is 0.249. The second kappa shape index (κ2) is 8.34. The maximum atomic E-state index is 12.9. The molecule has 3 aliphatic heterocycles. The second-order valence-corrected chi connectivity index (χ2v) is 7.40. The smallest absolute Gasteiger partial charge is 0.269 e. The fourth-order valence-electron chi connectivity index (χ4n) is 3.99. The second-order valence-electron chi connectivity index (χ2n) is 7.40. The van der Waals surface area contributed by atoms with Crippen molar-refractivity contribution in [1.29, 1.82) is 0 Å². The molecule has 30 heavy (non-hydrogen) atoms. The molecule has 4 rings (SSSR count). The molecule has 160 valence electrons. The highest BCUT2D eigenvalue weighted by molar-refractivity contribution is 6.00. The average molecular weight is 418 g/mol. The van der Waals surface area contributed by atoms with Gasteiger partial charge >= 0.3 is 0 Å². The van der Waals surface area contributed by atoms with E-state index in [4.69, 9.17) is 4.74 Å². The van der Waals surface area contributed by atoms with Gasteiger partial charge in [0.2, 0.25) is 17.7 Å². The number of non-ortho nitro benzene ring substituents is 1. The third-order valence-electron chi connectivity index (χ3n) is 5.53. The fourth-order valence-corrected chi connectivity index (χ4v) is 3.99. The van der Waals surface area contributed by atoms with Crippen LogP contribution in [-0.2, 0) is 19.1 Å². The third-order valence-corrected chi connectivity index (χ3v) is 5.53. The van der Waals surface area contributed by atoms with Crippen molar-refractivity contribution < 1.29 is 24.0 Å². The molecule has 12 nitrogen and oxygen atoms in total. The minimum Gasteiger partial charge on any atom is -0.379 e. The van der Waals surface area contributed by atoms with Crippen LogP contribution in [0, 0.1) is 22.0 Å². The number of fused-ring (bicyclic) bond motifs is 1. The first-order chi connectivity index (χ1) is 14.4. The van der Waals surface area contributed by atoms with Crippen molar-refractivity contribution in [1.82, 2.24) is 20.9 Å². The van der Waals surface area contributed by atoms with Crippen LogP contribution in [0.2, 0.25) is 0 Å². The molecule has 0 radical (unpaired) electrons. The molecule has 3 aliphatic rings. The van der Waals surface area contributed by atoms with E-state index in [0.29, 0.717) is 32.0 Å². The molecule has 1 aromatic rings. The summed E-state index contributed by atoms with van der Waals surface area (Å²) in [6.07, 6.45) is -1.27. The Kier molecular flexibility index (Phi) is 5.61. The first-order valence-electron chi connectivity index (χ1n) is 9.65. The van der Waals surface area contributed by atoms with Crippen LogP contribution in [0.15, 0.2) is 24.3 Å². The van der Waals surface area contributed by atoms with Crippen LogP contribution in [0.1, 0.15) is 6.42 Å². The van der Waals surface area contributed by atoms with Gasteiger partial charge in [0.15, 0.2) is 0 Å². The Morgan fingerprint density at radius 1 is 1.17 bits per heavy atom. The number of hydrogen-bond acceptors (Lipinski definition) is 8. The Morgan fingerprint density at radius 3 is 2.53 bits per heavy atom. The summed E-state index contributed by atoms with van der Waals surface area (Å²) in [6, 6.07) is 5.36. The van der Waals surface area contributed by atoms with E-state index in [1.807, 2.05) is 4.90 Å². The molecule has 0 bridgehead atoms. The lowest BCUT2D eigenvalue weighted by Gasteiger charge is -2.46. The Hall–Kier alpha value is -3.09. The number of benzene rings is 1. The summed E-state index contributed by atoms with van der Waals surface area (Å²) in [6.45, 7) is 2.37. The Labute approximate surface area is 171 Å². The molecular weight excluding hydrogens is 396 g/mol. The van der Waals surface area contributed by atoms with Crippen LogP contribution in [0.25, 0.3) is 0 Å². The monoisotopic (exact) mass is 418 g/mol. The standard InChI is InChI=1S/C18H22N6O6/c25-13-9-12(16(26)19-10-1-3-11(4-2-10)24(28)29)14-15(20-13)21-18(22-17(14)27)23-5-7-30-8-6-23/h1-4,12,14-15,18,21H,5-9H2,(H,19,26)(H,20,25)(H,22,27). The van der Waals surface area contributed by atoms with Gasteiger partial charge in [-0.05, 0) is 12.1 Å². The number of ether oxygens (including phenoxy) is 1. The fraction of sp³-hybridized carbons (Fsp3) is 0.500. The molecule has 12 heteroatoms. The summed E-state index contributed by atoms with van der Waals surface area (Å²) < 4.78 is 5.32. The van der Waals surface area contributed by atoms with E-state index in [-0.39, 0.29) is 23.9 Å². The van der Waals surface area contributed by atoms with E-state index in [1.54, 1.807) is 0 Å². The number of carbonyl (C=O) groups excluding carboxylic acids is 3. The molecule has 3 saturated heterocycles. The van der Waals surface area contributed by atoms with Crippen molar-refractivity contribution in [3.8, 4) is 0 Å². The molecule has 0 saturated carbocycles. The lowest BCUT2D eigenvalue weighted by Crippen LogP contribution is -2.74. The van der Waals surface area contributed by atoms with Crippen molar-refractivity contribution in [3.05, 3.63) is 34.4 Å². The number of rotatable bonds is 4. The van der Waals surface area contributed by atoms with Crippen molar-refractivity contribution in [2.24, 2.45) is 11.8 Å². The van der Waals surface area contributed by atoms with E-state index in [0.717, 1.165) is 0 Å². The van der Waals surface area contributed by atoms with E-state index < -0.39 is 35.1 Å². The first-order valence-corrected chi connectivity index (χ1v) is 9.65. The van der Waals surface area contributed by atoms with Crippen LogP contribution in [0.5, 0.6) is 0 Å². The molecule has 0 aliphatic carbocycles. The highest BCUT2D eigenvalue weighted by Gasteiger charge is 2.49. The van der Waals surface area contributed by atoms with Gasteiger partial charge in [-0.2, -0.15) is 0 Å². The van der Waals surface area contributed by atoms with Crippen molar-refractivity contribution in [2.75, 3.05) is 31.6 Å². The Balaban J connectivity index is 1.47. The number of nitro groups is 1. The zero-order chi connectivity index (χ0) is 21.3. The van der Waals surface area contributed by atoms with E-state index >= 15 is 0 Å². The number of nitro benzene ring substituents is 1. The molecule has 3 fully saturated rings. The van der Waals surface area contributed by atoms with Crippen molar-refractivity contribution in [3.63, 3.8) is 0 Å². The van der Waals surface area contributed by atoms with Gasteiger partial charge in [0.05, 0.1) is 36.1 Å². The minimum absolute atomic E-state index is 0.102. The normalized spacial score (nSPS) is 29.3. The van der Waals surface area contributed by atoms with Crippen LogP contribution >= 0.6 is 0 Å². The topological polar surface area (TPSA) is 155 Å². The van der Waals surface area contributed by atoms with Gasteiger partial charge in [-0.15, -0.1) is 0 Å². The van der Waals surface area contributed by atoms with Crippen LogP contribution in [0.4, 0.5) is 11.4 Å². The van der Waals surface area contributed by atoms with Gasteiger partial charge in [0, 0.05) is 37.3 Å². The van der Waals surface area contributed by atoms with Gasteiger partial charge in [-0.25, -0.2) is 0 Å². The zero-order valence-corrected chi connectivity index (χ0v) is 16.0. The van der Waals surface area contributed by atoms with Crippen molar-refractivity contribution in [2.45, 2.75) is 18.9 Å². The minimum atomic E-state index is -0.878. The molecule has 3 amide bonds. The third kappa shape index (κ3) is 4.10. The Morgan fingerprint density at radius 2 is 1.87 bits per heavy atom. The predicted octanol–water partition coefficient (Wildman–Crippen LogP) is -1.05. The van der Waals surface area contributed by atoms with E-state index in [2.05, 4.69) is 21.3 Å². The number of anilines is 1. The average Bonchev–Trinajstić information content (AvgIpc) is 2.73. The molecule has 3 heterocycles. The molecule has 4 unspecified atom stereocenters. The molecule has 4 N–H and O–H groups in total. The number of nitrogens with one attached hydrogen (secondary N) is 4. The number of hydrogen-bond donors (Lipinski definition) is 4. The SMILES string of the molecule is O=C1CC(C(=O)Nc2ccc([N+](=O)[O-])cc2)C2C(=O)NC(N3CCOCC3)NC2N1. The van der Waals surface area contributed by atoms with Gasteiger partial charge in [-0.1, -0.05) is 0 Å². The van der Waals surface area contributed by atoms with Crippen LogP contribution in [0.3, 0.4) is 0 Å². The summed E-state index contributed by atoms with van der Waals surface area (Å²) in [4.78, 5) is 50.2. The summed E-state index contributed by atoms with van der Waals surface area (Å²) in [5, 5.41) is 22.3. The predicted molar refractivity (Wildman–Crippen MR) is 103 cm³/mol. The van der Waals surface area contributed by atoms with Gasteiger partial charge in [0.25, 0.3) is 5.69 Å². The highest BCUT2D eigenvalue weighted by Crippen LogP contribution is 2.28. The number of amides is 3. The maximum absolute atomic E-state index is 12.9. The molecule has 4 atom stereocenters. The van der Waals surface area contributed by atoms with Crippen LogP contribution < -0.4 is 21.3 Å². The lowest BCUT2D eigenvalue weighted by atomic mass is 9.81. The van der Waals surface area contributed by atoms with Gasteiger partial charge in [0.1, 0.15) is 6.29 Å². The summed E-state index contributed by atoms with van der Waals surface area (Å²) in [7, 11) is 0. The first kappa shape index (κ1) is 20.2. The van der Waals surface area contributed by atoms with E-state index in [9.17, 15) is 24.5 Å². The number of carbonyl (C=O) groups is 3. The molecule has 0 spiro atoms. The van der Waals surface area contributed by atoms with Gasteiger partial charge < -0.3 is 20.7 Å². The number of nitrogens with zero attached hydrogens (tertiary/aromatic N) is 2. The van der Waals surface area contributed by atoms with Gasteiger partial charge in [-0.3, -0.25) is 34.7 Å². The molecular formula is C18H22N6O6. The Bertz CT molecular complexity index is 855. The number of morpholine rings is 1. The zero-order valence-electron chi connectivity index (χ0n) is 16.0. The van der Waals surface area contributed by atoms with Crippen LogP contribution in [-0.4, -0.2) is 66.3 Å². The molecule has 0 aromatic heterocycles. The van der Waals surface area contributed by atoms with Crippen molar-refractivity contribution >= 4 is 29.1 Å². The highest BCUT2D eigenvalue weighted by atomic mass is 16.6.